The molecule has 0 spiro atoms. The number of hydrogen-bond donors (Lipinski definition) is 2. The lowest BCUT2D eigenvalue weighted by atomic mass is 9.93. The molecule has 1 saturated carbocycles. The summed E-state index contributed by atoms with van der Waals surface area (Å²) in [7, 11) is 0. The monoisotopic (exact) mass is 251 g/mol. The van der Waals surface area contributed by atoms with Gasteiger partial charge in [0.2, 0.25) is 5.91 Å². The first-order valence-corrected chi connectivity index (χ1v) is 6.35. The molecule has 1 fully saturated rings. The Balaban J connectivity index is 1.80. The van der Waals surface area contributed by atoms with E-state index >= 15 is 0 Å². The van der Waals surface area contributed by atoms with E-state index in [1.807, 2.05) is 0 Å². The molecule has 1 aliphatic rings. The molecule has 2 N–H and O–H groups in total. The van der Waals surface area contributed by atoms with Gasteiger partial charge >= 0.3 is 0 Å². The highest BCUT2D eigenvalue weighted by Gasteiger charge is 2.20. The molecule has 0 radical (unpaired) electrons. The van der Waals surface area contributed by atoms with Crippen molar-refractivity contribution >= 4 is 5.91 Å². The normalized spacial score (nSPS) is 23.7. The summed E-state index contributed by atoms with van der Waals surface area (Å²) in [6.07, 6.45) is 3.23. The van der Waals surface area contributed by atoms with E-state index in [0.717, 1.165) is 31.2 Å². The van der Waals surface area contributed by atoms with Crippen LogP contribution in [0, 0.1) is 5.82 Å². The van der Waals surface area contributed by atoms with E-state index in [0.29, 0.717) is 0 Å². The topological polar surface area (TPSA) is 49.3 Å². The van der Waals surface area contributed by atoms with Crippen LogP contribution in [0.15, 0.2) is 24.3 Å². The fourth-order valence-electron chi connectivity index (χ4n) is 2.29. The van der Waals surface area contributed by atoms with E-state index in [9.17, 15) is 14.3 Å². The van der Waals surface area contributed by atoms with Gasteiger partial charge in [-0.1, -0.05) is 12.1 Å². The molecule has 3 nitrogen and oxygen atoms in total. The molecule has 2 rings (SSSR count). The van der Waals surface area contributed by atoms with Crippen molar-refractivity contribution in [2.45, 2.75) is 44.2 Å². The number of nitrogens with one attached hydrogen (secondary N) is 1. The smallest absolute Gasteiger partial charge is 0.224 e. The van der Waals surface area contributed by atoms with E-state index < -0.39 is 0 Å². The van der Waals surface area contributed by atoms with Gasteiger partial charge in [0, 0.05) is 6.04 Å². The Morgan fingerprint density at radius 2 is 1.83 bits per heavy atom. The minimum absolute atomic E-state index is 0.0389. The quantitative estimate of drug-likeness (QED) is 0.860. The average Bonchev–Trinajstić information content (AvgIpc) is 2.35. The number of hydrogen-bond acceptors (Lipinski definition) is 2. The van der Waals surface area contributed by atoms with Crippen molar-refractivity contribution in [2.75, 3.05) is 0 Å². The molecular weight excluding hydrogens is 233 g/mol. The second-order valence-electron chi connectivity index (χ2n) is 4.88. The van der Waals surface area contributed by atoms with Gasteiger partial charge in [0.15, 0.2) is 0 Å². The molecular formula is C14H18FNO2. The standard InChI is InChI=1S/C14H18FNO2/c15-11-3-1-10(2-4-11)9-14(18)16-12-5-7-13(17)8-6-12/h1-4,12-13,17H,5-9H2,(H,16,18). The van der Waals surface area contributed by atoms with Crippen LogP contribution in [-0.4, -0.2) is 23.2 Å². The van der Waals surface area contributed by atoms with Gasteiger partial charge in [-0.15, -0.1) is 0 Å². The van der Waals surface area contributed by atoms with Gasteiger partial charge in [-0.2, -0.15) is 0 Å². The summed E-state index contributed by atoms with van der Waals surface area (Å²) in [5.74, 6) is -0.330. The lowest BCUT2D eigenvalue weighted by Crippen LogP contribution is -2.39. The molecule has 4 heteroatoms. The van der Waals surface area contributed by atoms with Crippen molar-refractivity contribution in [3.05, 3.63) is 35.6 Å². The van der Waals surface area contributed by atoms with Crippen molar-refractivity contribution in [3.8, 4) is 0 Å². The van der Waals surface area contributed by atoms with Crippen LogP contribution < -0.4 is 5.32 Å². The van der Waals surface area contributed by atoms with Gasteiger partial charge in [0.25, 0.3) is 0 Å². The number of carbonyl (C=O) groups is 1. The Labute approximate surface area is 106 Å². The average molecular weight is 251 g/mol. The van der Waals surface area contributed by atoms with E-state index in [-0.39, 0.29) is 30.3 Å². The third-order valence-corrected chi connectivity index (χ3v) is 3.34. The summed E-state index contributed by atoms with van der Waals surface area (Å²) in [5.41, 5.74) is 0.810. The van der Waals surface area contributed by atoms with Gasteiger partial charge < -0.3 is 10.4 Å². The number of rotatable bonds is 3. The van der Waals surface area contributed by atoms with Crippen molar-refractivity contribution < 1.29 is 14.3 Å². The van der Waals surface area contributed by atoms with Gasteiger partial charge in [-0.05, 0) is 43.4 Å². The Morgan fingerprint density at radius 1 is 1.22 bits per heavy atom. The van der Waals surface area contributed by atoms with E-state index in [2.05, 4.69) is 5.32 Å². The van der Waals surface area contributed by atoms with Crippen LogP contribution in [0.5, 0.6) is 0 Å². The van der Waals surface area contributed by atoms with Crippen LogP contribution in [0.4, 0.5) is 4.39 Å². The zero-order chi connectivity index (χ0) is 13.0. The molecule has 1 amide bonds. The Kier molecular flexibility index (Phi) is 4.31. The summed E-state index contributed by atoms with van der Waals surface area (Å²) < 4.78 is 12.7. The molecule has 0 saturated heterocycles. The van der Waals surface area contributed by atoms with Gasteiger partial charge in [-0.3, -0.25) is 4.79 Å². The minimum atomic E-state index is -0.291. The fourth-order valence-corrected chi connectivity index (χ4v) is 2.29. The van der Waals surface area contributed by atoms with Crippen LogP contribution in [-0.2, 0) is 11.2 Å². The predicted octanol–water partition coefficient (Wildman–Crippen LogP) is 1.79. The highest BCUT2D eigenvalue weighted by molar-refractivity contribution is 5.78. The van der Waals surface area contributed by atoms with Crippen molar-refractivity contribution in [1.29, 1.82) is 0 Å². The van der Waals surface area contributed by atoms with Crippen molar-refractivity contribution in [2.24, 2.45) is 0 Å². The van der Waals surface area contributed by atoms with Crippen LogP contribution >= 0.6 is 0 Å². The Morgan fingerprint density at radius 3 is 2.44 bits per heavy atom. The maximum atomic E-state index is 12.7. The molecule has 18 heavy (non-hydrogen) atoms. The fraction of sp³-hybridized carbons (Fsp3) is 0.500. The molecule has 1 aromatic rings. The highest BCUT2D eigenvalue weighted by Crippen LogP contribution is 2.18. The van der Waals surface area contributed by atoms with E-state index in [4.69, 9.17) is 0 Å². The third kappa shape index (κ3) is 3.81. The number of carbonyl (C=O) groups excluding carboxylic acids is 1. The van der Waals surface area contributed by atoms with Crippen LogP contribution in [0.1, 0.15) is 31.2 Å². The highest BCUT2D eigenvalue weighted by atomic mass is 19.1. The molecule has 0 aromatic heterocycles. The summed E-state index contributed by atoms with van der Waals surface area (Å²) in [6.45, 7) is 0. The molecule has 0 bridgehead atoms. The number of aliphatic hydroxyl groups excluding tert-OH is 1. The largest absolute Gasteiger partial charge is 0.393 e. The second-order valence-corrected chi connectivity index (χ2v) is 4.88. The lowest BCUT2D eigenvalue weighted by molar-refractivity contribution is -0.121. The first-order valence-electron chi connectivity index (χ1n) is 6.35. The summed E-state index contributed by atoms with van der Waals surface area (Å²) in [4.78, 5) is 11.8. The van der Waals surface area contributed by atoms with Crippen LogP contribution in [0.3, 0.4) is 0 Å². The van der Waals surface area contributed by atoms with Gasteiger partial charge in [-0.25, -0.2) is 4.39 Å². The molecule has 1 aromatic carbocycles. The minimum Gasteiger partial charge on any atom is -0.393 e. The summed E-state index contributed by atoms with van der Waals surface area (Å²) in [6, 6.07) is 6.14. The van der Waals surface area contributed by atoms with Crippen molar-refractivity contribution in [1.82, 2.24) is 5.32 Å². The van der Waals surface area contributed by atoms with Gasteiger partial charge in [0.1, 0.15) is 5.82 Å². The van der Waals surface area contributed by atoms with Crippen LogP contribution in [0.2, 0.25) is 0 Å². The molecule has 0 atom stereocenters. The number of halogens is 1. The first-order chi connectivity index (χ1) is 8.63. The zero-order valence-corrected chi connectivity index (χ0v) is 10.2. The number of amides is 1. The summed E-state index contributed by atoms with van der Waals surface area (Å²) >= 11 is 0. The Bertz CT molecular complexity index is 397. The first kappa shape index (κ1) is 13.0. The van der Waals surface area contributed by atoms with E-state index in [1.54, 1.807) is 12.1 Å². The molecule has 98 valence electrons. The number of aliphatic hydroxyl groups is 1. The van der Waals surface area contributed by atoms with Crippen molar-refractivity contribution in [3.63, 3.8) is 0 Å². The zero-order valence-electron chi connectivity index (χ0n) is 10.2. The van der Waals surface area contributed by atoms with E-state index in [1.165, 1.54) is 12.1 Å². The molecule has 0 aliphatic heterocycles. The molecule has 1 aliphatic carbocycles. The van der Waals surface area contributed by atoms with Gasteiger partial charge in [0.05, 0.1) is 12.5 Å². The third-order valence-electron chi connectivity index (χ3n) is 3.34. The lowest BCUT2D eigenvalue weighted by Gasteiger charge is -2.26. The maximum absolute atomic E-state index is 12.7. The Hall–Kier alpha value is -1.42. The number of benzene rings is 1. The predicted molar refractivity (Wildman–Crippen MR) is 66.5 cm³/mol. The second kappa shape index (κ2) is 5.96. The molecule has 0 unspecified atom stereocenters. The summed E-state index contributed by atoms with van der Waals surface area (Å²) in [5, 5.41) is 12.3. The maximum Gasteiger partial charge on any atom is 0.224 e. The molecule has 0 heterocycles. The SMILES string of the molecule is O=C(Cc1ccc(F)cc1)NC1CCC(O)CC1. The van der Waals surface area contributed by atoms with Crippen LogP contribution in [0.25, 0.3) is 0 Å².